The first-order valence-corrected chi connectivity index (χ1v) is 8.28. The molecule has 0 fully saturated rings. The molecule has 9 heteroatoms. The number of aryl methyl sites for hydroxylation is 1. The van der Waals surface area contributed by atoms with Crippen LogP contribution in [0.4, 0.5) is 11.5 Å². The summed E-state index contributed by atoms with van der Waals surface area (Å²) in [7, 11) is 3.01. The maximum Gasteiger partial charge on any atom is 0.269 e. The van der Waals surface area contributed by atoms with Crippen LogP contribution in [0.15, 0.2) is 48.5 Å². The number of nitrogens with zero attached hydrogens (tertiary/aromatic N) is 3. The minimum Gasteiger partial charge on any atom is -0.493 e. The van der Waals surface area contributed by atoms with Crippen LogP contribution >= 0.6 is 0 Å². The van der Waals surface area contributed by atoms with Gasteiger partial charge in [0.05, 0.1) is 30.5 Å². The summed E-state index contributed by atoms with van der Waals surface area (Å²) >= 11 is 0. The van der Waals surface area contributed by atoms with Crippen LogP contribution in [0.25, 0.3) is 5.69 Å². The number of hydrogen-bond acceptors (Lipinski definition) is 6. The van der Waals surface area contributed by atoms with Gasteiger partial charge in [-0.2, -0.15) is 5.10 Å². The Morgan fingerprint density at radius 1 is 1.07 bits per heavy atom. The third-order valence-electron chi connectivity index (χ3n) is 4.02. The molecule has 0 saturated carbocycles. The number of benzene rings is 2. The summed E-state index contributed by atoms with van der Waals surface area (Å²) in [5, 5.41) is 18.0. The van der Waals surface area contributed by atoms with E-state index in [4.69, 9.17) is 9.47 Å². The zero-order valence-electron chi connectivity index (χ0n) is 15.5. The molecule has 1 N–H and O–H groups in total. The lowest BCUT2D eigenvalue weighted by Crippen LogP contribution is -2.15. The quantitative estimate of drug-likeness (QED) is 0.517. The predicted octanol–water partition coefficient (Wildman–Crippen LogP) is 3.36. The molecule has 3 aromatic rings. The van der Waals surface area contributed by atoms with Crippen LogP contribution < -0.4 is 14.8 Å². The number of nitrogens with one attached hydrogen (secondary N) is 1. The van der Waals surface area contributed by atoms with Crippen molar-refractivity contribution < 1.29 is 19.2 Å². The van der Waals surface area contributed by atoms with Gasteiger partial charge >= 0.3 is 0 Å². The molecule has 0 saturated heterocycles. The van der Waals surface area contributed by atoms with Crippen molar-refractivity contribution in [3.05, 3.63) is 69.9 Å². The molecule has 0 aliphatic rings. The average Bonchev–Trinajstić information content (AvgIpc) is 3.07. The molecule has 0 atom stereocenters. The Morgan fingerprint density at radius 2 is 1.75 bits per heavy atom. The molecule has 0 unspecified atom stereocenters. The summed E-state index contributed by atoms with van der Waals surface area (Å²) in [6, 6.07) is 12.4. The number of carbonyl (C=O) groups excluding carboxylic acids is 1. The lowest BCUT2D eigenvalue weighted by atomic mass is 10.2. The number of aromatic nitrogens is 2. The zero-order valence-corrected chi connectivity index (χ0v) is 15.5. The Bertz CT molecular complexity index is 1030. The third kappa shape index (κ3) is 3.78. The summed E-state index contributed by atoms with van der Waals surface area (Å²) in [5.74, 6) is 1.04. The van der Waals surface area contributed by atoms with Crippen molar-refractivity contribution in [1.29, 1.82) is 0 Å². The predicted molar refractivity (Wildman–Crippen MR) is 102 cm³/mol. The number of non-ortho nitro benzene ring substituents is 1. The van der Waals surface area contributed by atoms with E-state index in [1.807, 2.05) is 0 Å². The van der Waals surface area contributed by atoms with Crippen LogP contribution in [-0.2, 0) is 0 Å². The van der Waals surface area contributed by atoms with Crippen LogP contribution in [0.1, 0.15) is 16.1 Å². The van der Waals surface area contributed by atoms with Gasteiger partial charge in [-0.15, -0.1) is 0 Å². The van der Waals surface area contributed by atoms with Gasteiger partial charge in [0.2, 0.25) is 0 Å². The second-order valence-electron chi connectivity index (χ2n) is 5.88. The largest absolute Gasteiger partial charge is 0.493 e. The summed E-state index contributed by atoms with van der Waals surface area (Å²) in [6.07, 6.45) is 0. The minimum absolute atomic E-state index is 0.0245. The molecular formula is C19H18N4O5. The van der Waals surface area contributed by atoms with Crippen molar-refractivity contribution in [3.63, 3.8) is 0 Å². The first kappa shape index (κ1) is 18.9. The Labute approximate surface area is 160 Å². The van der Waals surface area contributed by atoms with Crippen LogP contribution in [-0.4, -0.2) is 34.8 Å². The number of ether oxygens (including phenoxy) is 2. The van der Waals surface area contributed by atoms with Crippen LogP contribution in [0.3, 0.4) is 0 Å². The van der Waals surface area contributed by atoms with Crippen LogP contribution in [0.2, 0.25) is 0 Å². The smallest absolute Gasteiger partial charge is 0.269 e. The fourth-order valence-corrected chi connectivity index (χ4v) is 2.67. The minimum atomic E-state index is -0.474. The SMILES string of the molecule is COc1ccc(C(=O)Nc2cc(C)nn2-c2ccc([N+](=O)[O-])cc2)cc1OC. The molecule has 1 aromatic heterocycles. The maximum atomic E-state index is 12.7. The number of anilines is 1. The van der Waals surface area contributed by atoms with Crippen molar-refractivity contribution in [2.24, 2.45) is 0 Å². The normalized spacial score (nSPS) is 10.4. The Balaban J connectivity index is 1.89. The summed E-state index contributed by atoms with van der Waals surface area (Å²) in [4.78, 5) is 23.0. The van der Waals surface area contributed by atoms with E-state index in [-0.39, 0.29) is 11.6 Å². The molecule has 3 rings (SSSR count). The second-order valence-corrected chi connectivity index (χ2v) is 5.88. The van der Waals surface area contributed by atoms with E-state index in [1.165, 1.54) is 31.0 Å². The summed E-state index contributed by atoms with van der Waals surface area (Å²) in [5.41, 5.74) is 1.62. The van der Waals surface area contributed by atoms with Gasteiger partial charge < -0.3 is 14.8 Å². The fourth-order valence-electron chi connectivity index (χ4n) is 2.67. The van der Waals surface area contributed by atoms with Crippen molar-refractivity contribution >= 4 is 17.4 Å². The lowest BCUT2D eigenvalue weighted by molar-refractivity contribution is -0.384. The van der Waals surface area contributed by atoms with Gasteiger partial charge in [-0.3, -0.25) is 14.9 Å². The maximum absolute atomic E-state index is 12.7. The summed E-state index contributed by atoms with van der Waals surface area (Å²) in [6.45, 7) is 1.79. The highest BCUT2D eigenvalue weighted by molar-refractivity contribution is 6.04. The molecule has 1 heterocycles. The van der Waals surface area contributed by atoms with E-state index < -0.39 is 4.92 Å². The van der Waals surface area contributed by atoms with Gasteiger partial charge in [-0.25, -0.2) is 4.68 Å². The molecule has 28 heavy (non-hydrogen) atoms. The number of carbonyl (C=O) groups is 1. The molecule has 2 aromatic carbocycles. The van der Waals surface area contributed by atoms with E-state index in [2.05, 4.69) is 10.4 Å². The van der Waals surface area contributed by atoms with E-state index >= 15 is 0 Å². The highest BCUT2D eigenvalue weighted by Crippen LogP contribution is 2.28. The topological polar surface area (TPSA) is 109 Å². The van der Waals surface area contributed by atoms with E-state index in [1.54, 1.807) is 43.3 Å². The number of amides is 1. The molecule has 144 valence electrons. The summed E-state index contributed by atoms with van der Waals surface area (Å²) < 4.78 is 11.9. The van der Waals surface area contributed by atoms with Gasteiger partial charge in [0, 0.05) is 23.8 Å². The first-order chi connectivity index (χ1) is 13.4. The van der Waals surface area contributed by atoms with E-state index in [9.17, 15) is 14.9 Å². The molecule has 0 radical (unpaired) electrons. The van der Waals surface area contributed by atoms with Crippen LogP contribution in [0, 0.1) is 17.0 Å². The highest BCUT2D eigenvalue weighted by Gasteiger charge is 2.15. The molecule has 1 amide bonds. The number of hydrogen-bond donors (Lipinski definition) is 1. The van der Waals surface area contributed by atoms with Gasteiger partial charge in [0.1, 0.15) is 5.82 Å². The van der Waals surface area contributed by atoms with Crippen molar-refractivity contribution in [2.75, 3.05) is 19.5 Å². The fraction of sp³-hybridized carbons (Fsp3) is 0.158. The Morgan fingerprint density at radius 3 is 2.36 bits per heavy atom. The van der Waals surface area contributed by atoms with Crippen molar-refractivity contribution in [3.8, 4) is 17.2 Å². The van der Waals surface area contributed by atoms with Gasteiger partial charge in [0.25, 0.3) is 11.6 Å². The van der Waals surface area contributed by atoms with Gasteiger partial charge in [-0.05, 0) is 37.3 Å². The Kier molecular flexibility index (Phi) is 5.25. The number of rotatable bonds is 6. The number of methoxy groups -OCH3 is 2. The highest BCUT2D eigenvalue weighted by atomic mass is 16.6. The van der Waals surface area contributed by atoms with Crippen molar-refractivity contribution in [2.45, 2.75) is 6.92 Å². The molecule has 0 bridgehead atoms. The molecule has 9 nitrogen and oxygen atoms in total. The number of nitro groups is 1. The molecule has 0 aliphatic carbocycles. The molecule has 0 aliphatic heterocycles. The van der Waals surface area contributed by atoms with Gasteiger partial charge in [0.15, 0.2) is 11.5 Å². The number of nitro benzene ring substituents is 1. The molecule has 0 spiro atoms. The third-order valence-corrected chi connectivity index (χ3v) is 4.02. The monoisotopic (exact) mass is 382 g/mol. The van der Waals surface area contributed by atoms with E-state index in [0.29, 0.717) is 34.3 Å². The van der Waals surface area contributed by atoms with Crippen LogP contribution in [0.5, 0.6) is 11.5 Å². The second kappa shape index (κ2) is 7.78. The van der Waals surface area contributed by atoms with Gasteiger partial charge in [-0.1, -0.05) is 0 Å². The van der Waals surface area contributed by atoms with Crippen molar-refractivity contribution in [1.82, 2.24) is 9.78 Å². The first-order valence-electron chi connectivity index (χ1n) is 8.28. The standard InChI is InChI=1S/C19H18N4O5/c1-12-10-18(22(21-12)14-5-7-15(8-6-14)23(25)26)20-19(24)13-4-9-16(27-2)17(11-13)28-3/h4-11H,1-3H3,(H,20,24). The zero-order chi connectivity index (χ0) is 20.3. The Hall–Kier alpha value is -3.88. The lowest BCUT2D eigenvalue weighted by Gasteiger charge is -2.11. The van der Waals surface area contributed by atoms with E-state index in [0.717, 1.165) is 0 Å². The molecular weight excluding hydrogens is 364 g/mol. The average molecular weight is 382 g/mol.